The second kappa shape index (κ2) is 10.1. The minimum absolute atomic E-state index is 0.0400. The SMILES string of the molecule is COCCOC(=O)NC(=O)Nc1ccc(/C(=N\O)c2ccc(Cl)cc2)cc1. The standard InChI is InChI=1S/C18H18ClN3O5/c1-26-10-11-27-18(24)21-17(23)20-15-8-4-13(5-9-15)16(22-25)12-2-6-14(19)7-3-12/h2-9,25H,10-11H2,1H3,(H2,20,21,23,24)/b22-16-. The number of imide groups is 1. The number of carbonyl (C=O) groups is 2. The summed E-state index contributed by atoms with van der Waals surface area (Å²) in [5, 5.41) is 17.7. The van der Waals surface area contributed by atoms with Gasteiger partial charge in [-0.2, -0.15) is 0 Å². The van der Waals surface area contributed by atoms with Gasteiger partial charge in [0.2, 0.25) is 0 Å². The van der Waals surface area contributed by atoms with E-state index in [0.29, 0.717) is 27.5 Å². The zero-order valence-corrected chi connectivity index (χ0v) is 15.2. The number of rotatable bonds is 6. The minimum atomic E-state index is -0.876. The molecule has 8 nitrogen and oxygen atoms in total. The molecule has 0 saturated carbocycles. The molecular formula is C18H18ClN3O5. The zero-order chi connectivity index (χ0) is 19.6. The molecule has 0 aliphatic rings. The van der Waals surface area contributed by atoms with Crippen LogP contribution in [0.25, 0.3) is 0 Å². The summed E-state index contributed by atoms with van der Waals surface area (Å²) in [6, 6.07) is 12.6. The van der Waals surface area contributed by atoms with Gasteiger partial charge in [0.05, 0.1) is 6.61 Å². The molecule has 3 N–H and O–H groups in total. The Morgan fingerprint density at radius 3 is 2.19 bits per heavy atom. The summed E-state index contributed by atoms with van der Waals surface area (Å²) in [6.07, 6.45) is -0.876. The van der Waals surface area contributed by atoms with Gasteiger partial charge in [-0.1, -0.05) is 41.0 Å². The number of oxime groups is 1. The maximum absolute atomic E-state index is 11.8. The molecule has 0 bridgehead atoms. The van der Waals surface area contributed by atoms with Crippen molar-refractivity contribution in [2.75, 3.05) is 25.6 Å². The van der Waals surface area contributed by atoms with Crippen molar-refractivity contribution in [2.45, 2.75) is 0 Å². The van der Waals surface area contributed by atoms with E-state index in [9.17, 15) is 14.8 Å². The second-order valence-electron chi connectivity index (χ2n) is 5.24. The van der Waals surface area contributed by atoms with E-state index in [0.717, 1.165) is 0 Å². The Morgan fingerprint density at radius 2 is 1.63 bits per heavy atom. The molecule has 0 aliphatic carbocycles. The number of alkyl carbamates (subject to hydrolysis) is 1. The maximum Gasteiger partial charge on any atom is 0.415 e. The van der Waals surface area contributed by atoms with Gasteiger partial charge >= 0.3 is 12.1 Å². The first-order valence-corrected chi connectivity index (χ1v) is 8.23. The summed E-state index contributed by atoms with van der Waals surface area (Å²) in [4.78, 5) is 23.1. The van der Waals surface area contributed by atoms with Gasteiger partial charge in [0.25, 0.3) is 0 Å². The van der Waals surface area contributed by atoms with Crippen LogP contribution in [-0.2, 0) is 9.47 Å². The summed E-state index contributed by atoms with van der Waals surface area (Å²) in [5.74, 6) is 0. The molecule has 3 amide bonds. The van der Waals surface area contributed by atoms with Crippen LogP contribution in [0.5, 0.6) is 0 Å². The number of methoxy groups -OCH3 is 1. The molecule has 142 valence electrons. The lowest BCUT2D eigenvalue weighted by Gasteiger charge is -2.09. The number of amides is 3. The van der Waals surface area contributed by atoms with E-state index in [1.54, 1.807) is 48.5 Å². The van der Waals surface area contributed by atoms with E-state index in [4.69, 9.17) is 21.1 Å². The molecule has 0 unspecified atom stereocenters. The summed E-state index contributed by atoms with van der Waals surface area (Å²) in [6.45, 7) is 0.275. The van der Waals surface area contributed by atoms with E-state index in [1.807, 2.05) is 5.32 Å². The Balaban J connectivity index is 1.97. The third-order valence-electron chi connectivity index (χ3n) is 3.37. The molecule has 0 saturated heterocycles. The number of carbonyl (C=O) groups excluding carboxylic acids is 2. The van der Waals surface area contributed by atoms with Crippen LogP contribution in [0.4, 0.5) is 15.3 Å². The van der Waals surface area contributed by atoms with Crippen LogP contribution in [0, 0.1) is 0 Å². The first kappa shape index (κ1) is 20.2. The van der Waals surface area contributed by atoms with Crippen LogP contribution >= 0.6 is 11.6 Å². The van der Waals surface area contributed by atoms with Crippen molar-refractivity contribution in [1.29, 1.82) is 0 Å². The molecule has 0 aliphatic heterocycles. The van der Waals surface area contributed by atoms with Crippen molar-refractivity contribution < 1.29 is 24.3 Å². The van der Waals surface area contributed by atoms with Gasteiger partial charge in [0.1, 0.15) is 12.3 Å². The van der Waals surface area contributed by atoms with Gasteiger partial charge in [0.15, 0.2) is 0 Å². The molecule has 0 aromatic heterocycles. The van der Waals surface area contributed by atoms with Crippen molar-refractivity contribution >= 4 is 35.1 Å². The third kappa shape index (κ3) is 6.28. The van der Waals surface area contributed by atoms with Crippen molar-refractivity contribution in [3.63, 3.8) is 0 Å². The number of halogens is 1. The lowest BCUT2D eigenvalue weighted by molar-refractivity contribution is 0.100. The topological polar surface area (TPSA) is 109 Å². The Labute approximate surface area is 160 Å². The first-order chi connectivity index (χ1) is 13.0. The van der Waals surface area contributed by atoms with Crippen LogP contribution < -0.4 is 10.6 Å². The number of nitrogens with one attached hydrogen (secondary N) is 2. The normalized spacial score (nSPS) is 11.0. The highest BCUT2D eigenvalue weighted by Crippen LogP contribution is 2.17. The average molecular weight is 392 g/mol. The fraction of sp³-hybridized carbons (Fsp3) is 0.167. The lowest BCUT2D eigenvalue weighted by Crippen LogP contribution is -2.35. The Hall–Kier alpha value is -3.10. The number of anilines is 1. The number of ether oxygens (including phenoxy) is 2. The molecule has 2 aromatic rings. The molecule has 0 atom stereocenters. The molecule has 2 aromatic carbocycles. The third-order valence-corrected chi connectivity index (χ3v) is 3.62. The van der Waals surface area contributed by atoms with Crippen LogP contribution in [0.1, 0.15) is 11.1 Å². The quantitative estimate of drug-likeness (QED) is 0.302. The van der Waals surface area contributed by atoms with Crippen molar-refractivity contribution in [3.05, 3.63) is 64.7 Å². The largest absolute Gasteiger partial charge is 0.447 e. The second-order valence-corrected chi connectivity index (χ2v) is 5.68. The number of urea groups is 1. The minimum Gasteiger partial charge on any atom is -0.447 e. The molecule has 2 rings (SSSR count). The van der Waals surface area contributed by atoms with Gasteiger partial charge < -0.3 is 20.0 Å². The van der Waals surface area contributed by atoms with Crippen LogP contribution in [0.15, 0.2) is 53.7 Å². The molecule has 0 fully saturated rings. The maximum atomic E-state index is 11.8. The van der Waals surface area contributed by atoms with Crippen molar-refractivity contribution in [2.24, 2.45) is 5.16 Å². The van der Waals surface area contributed by atoms with Crippen LogP contribution in [-0.4, -0.2) is 43.4 Å². The van der Waals surface area contributed by atoms with E-state index >= 15 is 0 Å². The van der Waals surface area contributed by atoms with E-state index in [2.05, 4.69) is 10.5 Å². The highest BCUT2D eigenvalue weighted by Gasteiger charge is 2.11. The Kier molecular flexibility index (Phi) is 7.60. The van der Waals surface area contributed by atoms with Crippen molar-refractivity contribution in [3.8, 4) is 0 Å². The number of hydrogen-bond acceptors (Lipinski definition) is 6. The highest BCUT2D eigenvalue weighted by atomic mass is 35.5. The lowest BCUT2D eigenvalue weighted by atomic mass is 10.0. The zero-order valence-electron chi connectivity index (χ0n) is 14.4. The van der Waals surface area contributed by atoms with Crippen LogP contribution in [0.2, 0.25) is 5.02 Å². The average Bonchev–Trinajstić information content (AvgIpc) is 2.65. The predicted molar refractivity (Wildman–Crippen MR) is 101 cm³/mol. The highest BCUT2D eigenvalue weighted by molar-refractivity contribution is 6.30. The number of hydrogen-bond donors (Lipinski definition) is 3. The monoisotopic (exact) mass is 391 g/mol. The van der Waals surface area contributed by atoms with E-state index in [1.165, 1.54) is 7.11 Å². The molecule has 27 heavy (non-hydrogen) atoms. The first-order valence-electron chi connectivity index (χ1n) is 7.85. The van der Waals surface area contributed by atoms with Gasteiger partial charge in [-0.3, -0.25) is 0 Å². The molecule has 0 spiro atoms. The summed E-state index contributed by atoms with van der Waals surface area (Å²) in [5.41, 5.74) is 2.10. The van der Waals surface area contributed by atoms with Crippen molar-refractivity contribution in [1.82, 2.24) is 5.32 Å². The van der Waals surface area contributed by atoms with Crippen LogP contribution in [0.3, 0.4) is 0 Å². The van der Waals surface area contributed by atoms with Gasteiger partial charge in [-0.25, -0.2) is 14.9 Å². The molecule has 0 radical (unpaired) electrons. The summed E-state index contributed by atoms with van der Waals surface area (Å²) >= 11 is 5.86. The van der Waals surface area contributed by atoms with Gasteiger partial charge in [-0.15, -0.1) is 0 Å². The summed E-state index contributed by atoms with van der Waals surface area (Å²) < 4.78 is 9.46. The fourth-order valence-electron chi connectivity index (χ4n) is 2.11. The smallest absolute Gasteiger partial charge is 0.415 e. The summed E-state index contributed by atoms with van der Waals surface area (Å²) in [7, 11) is 1.47. The Morgan fingerprint density at radius 1 is 1.04 bits per heavy atom. The number of nitrogens with zero attached hydrogens (tertiary/aromatic N) is 1. The fourth-order valence-corrected chi connectivity index (χ4v) is 2.24. The predicted octanol–water partition coefficient (Wildman–Crippen LogP) is 3.47. The van der Waals surface area contributed by atoms with E-state index in [-0.39, 0.29) is 13.2 Å². The number of benzene rings is 2. The molecule has 9 heteroatoms. The molecular weight excluding hydrogens is 374 g/mol. The Bertz CT molecular complexity index is 807. The van der Waals surface area contributed by atoms with E-state index < -0.39 is 12.1 Å². The van der Waals surface area contributed by atoms with Gasteiger partial charge in [-0.05, 0) is 24.3 Å². The molecule has 0 heterocycles. The van der Waals surface area contributed by atoms with Gasteiger partial charge in [0, 0.05) is 28.9 Å².